The van der Waals surface area contributed by atoms with E-state index in [0.29, 0.717) is 25.7 Å². The first-order valence-corrected chi connectivity index (χ1v) is 14.3. The third-order valence-electron chi connectivity index (χ3n) is 11.4. The van der Waals surface area contributed by atoms with Gasteiger partial charge in [0.2, 0.25) is 0 Å². The Morgan fingerprint density at radius 3 is 2.35 bits per heavy atom. The summed E-state index contributed by atoms with van der Waals surface area (Å²) in [5.74, 6) is -1.14. The van der Waals surface area contributed by atoms with Crippen LogP contribution in [-0.2, 0) is 14.3 Å². The van der Waals surface area contributed by atoms with Gasteiger partial charge in [-0.05, 0) is 115 Å². The maximum atomic E-state index is 13.4. The third kappa shape index (κ3) is 4.02. The molecule has 10 atom stereocenters. The van der Waals surface area contributed by atoms with Gasteiger partial charge in [-0.2, -0.15) is 0 Å². The molecule has 1 aliphatic heterocycles. The Labute approximate surface area is 221 Å². The second kappa shape index (κ2) is 8.34. The summed E-state index contributed by atoms with van der Waals surface area (Å²) in [7, 11) is 0. The first-order chi connectivity index (χ1) is 16.9. The molecule has 4 fully saturated rings. The van der Waals surface area contributed by atoms with E-state index in [2.05, 4.69) is 20.8 Å². The standard InChI is InChI=1S/C30H48O7/c1-25(2,34)11-10-24-29(7,37-26(3,4)36-24)23-9-13-30(35)18-14-20(31)19-15-21(32)22(33)16-27(19,5)17(18)8-12-28(23,30)6/h14,17,19,21-24,32-35H,8-13,15-16H2,1-7H3/t17?,19-,21+,22-,23?,24-,27+,28+,29-,30+/m0/s1. The van der Waals surface area contributed by atoms with Crippen LogP contribution in [0.2, 0.25) is 0 Å². The quantitative estimate of drug-likeness (QED) is 0.447. The van der Waals surface area contributed by atoms with Crippen molar-refractivity contribution in [1.29, 1.82) is 0 Å². The van der Waals surface area contributed by atoms with Crippen molar-refractivity contribution in [2.24, 2.45) is 28.6 Å². The Morgan fingerprint density at radius 2 is 1.70 bits per heavy atom. The number of aliphatic hydroxyl groups is 4. The third-order valence-corrected chi connectivity index (χ3v) is 11.4. The number of rotatable bonds is 4. The lowest BCUT2D eigenvalue weighted by molar-refractivity contribution is -0.191. The molecule has 0 bridgehead atoms. The van der Waals surface area contributed by atoms with Gasteiger partial charge in [-0.15, -0.1) is 0 Å². The minimum Gasteiger partial charge on any atom is -0.390 e. The van der Waals surface area contributed by atoms with E-state index in [-0.39, 0.29) is 36.1 Å². The van der Waals surface area contributed by atoms with E-state index in [4.69, 9.17) is 9.47 Å². The molecule has 7 nitrogen and oxygen atoms in total. The molecule has 0 spiro atoms. The second-order valence-corrected chi connectivity index (χ2v) is 14.7. The highest BCUT2D eigenvalue weighted by Gasteiger charge is 2.71. The van der Waals surface area contributed by atoms with Gasteiger partial charge in [-0.3, -0.25) is 4.79 Å². The molecule has 0 amide bonds. The van der Waals surface area contributed by atoms with Crippen molar-refractivity contribution in [2.75, 3.05) is 0 Å². The van der Waals surface area contributed by atoms with Crippen LogP contribution in [0.1, 0.15) is 99.8 Å². The highest BCUT2D eigenvalue weighted by Crippen LogP contribution is 2.69. The van der Waals surface area contributed by atoms with E-state index in [9.17, 15) is 25.2 Å². The number of fused-ring (bicyclic) bond motifs is 5. The fourth-order valence-electron chi connectivity index (χ4n) is 9.49. The molecule has 0 aromatic rings. The molecule has 0 aromatic heterocycles. The molecular weight excluding hydrogens is 472 g/mol. The van der Waals surface area contributed by atoms with Gasteiger partial charge >= 0.3 is 0 Å². The average Bonchev–Trinajstić information content (AvgIpc) is 3.17. The predicted octanol–water partition coefficient (Wildman–Crippen LogP) is 3.65. The molecule has 1 saturated heterocycles. The molecule has 0 aromatic carbocycles. The lowest BCUT2D eigenvalue weighted by Crippen LogP contribution is -2.62. The maximum Gasteiger partial charge on any atom is 0.164 e. The highest BCUT2D eigenvalue weighted by molar-refractivity contribution is 5.95. The van der Waals surface area contributed by atoms with Crippen LogP contribution in [0.5, 0.6) is 0 Å². The number of allylic oxidation sites excluding steroid dienone is 1. The number of hydrogen-bond donors (Lipinski definition) is 4. The summed E-state index contributed by atoms with van der Waals surface area (Å²) in [6, 6.07) is 0. The van der Waals surface area contributed by atoms with Crippen molar-refractivity contribution in [3.8, 4) is 0 Å². The van der Waals surface area contributed by atoms with E-state index >= 15 is 0 Å². The summed E-state index contributed by atoms with van der Waals surface area (Å²) >= 11 is 0. The van der Waals surface area contributed by atoms with Crippen LogP contribution in [0.3, 0.4) is 0 Å². The van der Waals surface area contributed by atoms with E-state index in [1.165, 1.54) is 0 Å². The van der Waals surface area contributed by atoms with E-state index in [0.717, 1.165) is 24.8 Å². The molecule has 7 heteroatoms. The number of carbonyl (C=O) groups is 1. The van der Waals surface area contributed by atoms with Crippen LogP contribution in [0.15, 0.2) is 11.6 Å². The van der Waals surface area contributed by atoms with Crippen molar-refractivity contribution in [1.82, 2.24) is 0 Å². The molecule has 210 valence electrons. The summed E-state index contributed by atoms with van der Waals surface area (Å²) in [6.07, 6.45) is 4.51. The van der Waals surface area contributed by atoms with Gasteiger partial charge in [0.05, 0.1) is 35.1 Å². The first kappa shape index (κ1) is 27.7. The highest BCUT2D eigenvalue weighted by atomic mass is 16.8. The molecule has 2 unspecified atom stereocenters. The van der Waals surface area contributed by atoms with Crippen LogP contribution in [-0.4, -0.2) is 67.1 Å². The number of hydrogen-bond acceptors (Lipinski definition) is 7. The zero-order valence-electron chi connectivity index (χ0n) is 23.7. The SMILES string of the molecule is CC(C)(O)CC[C@@H]1OC(C)(C)O[C@@]1(C)C1CC[C@@]2(O)C3=CC(=O)[C@@H]4C[C@@H](O)[C@@H](O)C[C@]4(C)C3CC[C@]12C. The zero-order valence-corrected chi connectivity index (χ0v) is 23.7. The van der Waals surface area contributed by atoms with Gasteiger partial charge in [0.25, 0.3) is 0 Å². The molecule has 5 rings (SSSR count). The first-order valence-electron chi connectivity index (χ1n) is 14.3. The largest absolute Gasteiger partial charge is 0.390 e. The minimum atomic E-state index is -1.15. The zero-order chi connectivity index (χ0) is 27.4. The lowest BCUT2D eigenvalue weighted by atomic mass is 9.45. The van der Waals surface area contributed by atoms with Crippen molar-refractivity contribution in [2.45, 2.75) is 141 Å². The molecule has 37 heavy (non-hydrogen) atoms. The minimum absolute atomic E-state index is 0.000157. The van der Waals surface area contributed by atoms with Crippen LogP contribution < -0.4 is 0 Å². The van der Waals surface area contributed by atoms with Crippen LogP contribution >= 0.6 is 0 Å². The summed E-state index contributed by atoms with van der Waals surface area (Å²) in [6.45, 7) is 13.8. The summed E-state index contributed by atoms with van der Waals surface area (Å²) < 4.78 is 13.1. The second-order valence-electron chi connectivity index (χ2n) is 14.7. The number of ketones is 1. The molecule has 1 heterocycles. The summed E-state index contributed by atoms with van der Waals surface area (Å²) in [5, 5.41) is 43.9. The van der Waals surface area contributed by atoms with Gasteiger partial charge in [-0.1, -0.05) is 13.8 Å². The van der Waals surface area contributed by atoms with Gasteiger partial charge in [0.1, 0.15) is 0 Å². The number of carbonyl (C=O) groups excluding carboxylic acids is 1. The Hall–Kier alpha value is -0.830. The topological polar surface area (TPSA) is 116 Å². The van der Waals surface area contributed by atoms with E-state index < -0.39 is 45.6 Å². The Kier molecular flexibility index (Phi) is 6.25. The normalized spacial score (nSPS) is 51.3. The van der Waals surface area contributed by atoms with Gasteiger partial charge < -0.3 is 29.9 Å². The van der Waals surface area contributed by atoms with Crippen molar-refractivity contribution >= 4 is 5.78 Å². The summed E-state index contributed by atoms with van der Waals surface area (Å²) in [5.41, 5.74) is -2.79. The van der Waals surface area contributed by atoms with E-state index in [1.807, 2.05) is 27.7 Å². The molecular formula is C30H48O7. The van der Waals surface area contributed by atoms with Gasteiger partial charge in [0, 0.05) is 11.3 Å². The average molecular weight is 521 g/mol. The van der Waals surface area contributed by atoms with Gasteiger partial charge in [-0.25, -0.2) is 0 Å². The molecule has 0 radical (unpaired) electrons. The van der Waals surface area contributed by atoms with Gasteiger partial charge in [0.15, 0.2) is 11.6 Å². The molecule has 4 N–H and O–H groups in total. The predicted molar refractivity (Wildman–Crippen MR) is 138 cm³/mol. The molecule has 4 aliphatic carbocycles. The Balaban J connectivity index is 1.51. The lowest BCUT2D eigenvalue weighted by Gasteiger charge is -2.60. The maximum absolute atomic E-state index is 13.4. The summed E-state index contributed by atoms with van der Waals surface area (Å²) in [4.78, 5) is 13.4. The van der Waals surface area contributed by atoms with Crippen molar-refractivity contribution in [3.05, 3.63) is 11.6 Å². The Bertz CT molecular complexity index is 983. The smallest absolute Gasteiger partial charge is 0.164 e. The monoisotopic (exact) mass is 520 g/mol. The molecule has 3 saturated carbocycles. The molecule has 5 aliphatic rings. The van der Waals surface area contributed by atoms with Crippen molar-refractivity contribution < 1.29 is 34.7 Å². The fraction of sp³-hybridized carbons (Fsp3) is 0.900. The number of aliphatic hydroxyl groups excluding tert-OH is 2. The fourth-order valence-corrected chi connectivity index (χ4v) is 9.49. The van der Waals surface area contributed by atoms with Crippen LogP contribution in [0.25, 0.3) is 0 Å². The van der Waals surface area contributed by atoms with Crippen LogP contribution in [0, 0.1) is 28.6 Å². The Morgan fingerprint density at radius 1 is 1.03 bits per heavy atom. The van der Waals surface area contributed by atoms with Crippen molar-refractivity contribution in [3.63, 3.8) is 0 Å². The number of ether oxygens (including phenoxy) is 2. The van der Waals surface area contributed by atoms with Crippen LogP contribution in [0.4, 0.5) is 0 Å². The van der Waals surface area contributed by atoms with E-state index in [1.54, 1.807) is 6.08 Å².